The lowest BCUT2D eigenvalue weighted by atomic mass is 9.90. The second-order valence-corrected chi connectivity index (χ2v) is 10.1. The largest absolute Gasteiger partial charge is 0.368 e. The Labute approximate surface area is 173 Å². The van der Waals surface area contributed by atoms with E-state index in [4.69, 9.17) is 4.99 Å². The number of piperazine rings is 1. The Morgan fingerprint density at radius 1 is 1.15 bits per heavy atom. The fourth-order valence-corrected chi connectivity index (χ4v) is 6.09. The van der Waals surface area contributed by atoms with Crippen LogP contribution in [0.1, 0.15) is 18.4 Å². The zero-order valence-corrected chi connectivity index (χ0v) is 18.0. The normalized spacial score (nSPS) is 27.1. The number of thioether (sulfide) groups is 1. The molecule has 1 N–H and O–H groups in total. The molecule has 5 rings (SSSR count). The molecular weight excluding hydrogens is 420 g/mol. The summed E-state index contributed by atoms with van der Waals surface area (Å²) in [4.78, 5) is 11.4. The molecule has 0 bridgehead atoms. The molecule has 0 amide bonds. The van der Waals surface area contributed by atoms with Gasteiger partial charge in [-0.2, -0.15) is 0 Å². The van der Waals surface area contributed by atoms with Gasteiger partial charge in [0.2, 0.25) is 0 Å². The molecule has 2 aromatic rings. The molecule has 0 aliphatic carbocycles. The van der Waals surface area contributed by atoms with Crippen molar-refractivity contribution in [2.75, 3.05) is 38.5 Å². The highest BCUT2D eigenvalue weighted by Gasteiger charge is 2.49. The van der Waals surface area contributed by atoms with Crippen LogP contribution in [-0.2, 0) is 0 Å². The number of anilines is 1. The van der Waals surface area contributed by atoms with Crippen LogP contribution in [0.5, 0.6) is 0 Å². The third-order valence-electron chi connectivity index (χ3n) is 5.77. The molecule has 2 unspecified atom stereocenters. The Morgan fingerprint density at radius 2 is 1.93 bits per heavy atom. The van der Waals surface area contributed by atoms with E-state index in [0.717, 1.165) is 42.0 Å². The van der Waals surface area contributed by atoms with Gasteiger partial charge in [-0.05, 0) is 43.8 Å². The van der Waals surface area contributed by atoms with Crippen LogP contribution in [0.2, 0.25) is 0 Å². The Kier molecular flexibility index (Phi) is 4.26. The molecule has 3 aliphatic heterocycles. The zero-order chi connectivity index (χ0) is 18.6. The van der Waals surface area contributed by atoms with Gasteiger partial charge in [0.1, 0.15) is 5.84 Å². The topological polar surface area (TPSA) is 30.9 Å². The van der Waals surface area contributed by atoms with Crippen molar-refractivity contribution in [3.8, 4) is 0 Å². The van der Waals surface area contributed by atoms with Crippen LogP contribution in [-0.4, -0.2) is 53.7 Å². The first-order chi connectivity index (χ1) is 13.0. The SMILES string of the molecule is CN1CCN(C2=Nc3cc(Br)ccc3NC3(C)Sc4ccccc4C23)CC1. The fourth-order valence-electron chi connectivity index (χ4n) is 4.33. The number of likely N-dealkylation sites (N-methyl/N-ethyl adjacent to an activating group) is 1. The zero-order valence-electron chi connectivity index (χ0n) is 15.6. The van der Waals surface area contributed by atoms with E-state index in [0.29, 0.717) is 0 Å². The second-order valence-electron chi connectivity index (χ2n) is 7.73. The second kappa shape index (κ2) is 6.54. The summed E-state index contributed by atoms with van der Waals surface area (Å²) in [6.07, 6.45) is 0. The van der Waals surface area contributed by atoms with E-state index in [2.05, 4.69) is 87.5 Å². The molecule has 27 heavy (non-hydrogen) atoms. The average Bonchev–Trinajstić information content (AvgIpc) is 2.87. The summed E-state index contributed by atoms with van der Waals surface area (Å²) in [7, 11) is 2.20. The summed E-state index contributed by atoms with van der Waals surface area (Å²) in [6.45, 7) is 6.53. The van der Waals surface area contributed by atoms with Crippen LogP contribution in [0.15, 0.2) is 56.8 Å². The van der Waals surface area contributed by atoms with Crippen LogP contribution >= 0.6 is 27.7 Å². The molecule has 0 aromatic heterocycles. The Morgan fingerprint density at radius 3 is 2.74 bits per heavy atom. The maximum absolute atomic E-state index is 5.25. The fraction of sp³-hybridized carbons (Fsp3) is 0.381. The quantitative estimate of drug-likeness (QED) is 0.636. The molecule has 0 saturated carbocycles. The predicted molar refractivity (Wildman–Crippen MR) is 117 cm³/mol. The number of nitrogens with zero attached hydrogens (tertiary/aromatic N) is 3. The van der Waals surface area contributed by atoms with Gasteiger partial charge in [0.05, 0.1) is 22.2 Å². The van der Waals surface area contributed by atoms with Crippen molar-refractivity contribution in [2.45, 2.75) is 22.6 Å². The first-order valence-electron chi connectivity index (χ1n) is 9.41. The molecule has 4 nitrogen and oxygen atoms in total. The van der Waals surface area contributed by atoms with Crippen LogP contribution in [0.4, 0.5) is 11.4 Å². The molecule has 2 atom stereocenters. The molecule has 2 aromatic carbocycles. The number of hydrogen-bond acceptors (Lipinski definition) is 5. The van der Waals surface area contributed by atoms with Gasteiger partial charge in [-0.1, -0.05) is 45.9 Å². The van der Waals surface area contributed by atoms with Gasteiger partial charge in [-0.25, -0.2) is 4.99 Å². The van der Waals surface area contributed by atoms with Gasteiger partial charge in [-0.15, -0.1) is 0 Å². The minimum absolute atomic E-state index is 0.148. The number of amidine groups is 1. The predicted octanol–water partition coefficient (Wildman–Crippen LogP) is 4.76. The number of halogens is 1. The lowest BCUT2D eigenvalue weighted by Crippen LogP contribution is -2.51. The van der Waals surface area contributed by atoms with Crippen LogP contribution in [0, 0.1) is 0 Å². The number of aliphatic imine (C=N–C) groups is 1. The maximum Gasteiger partial charge on any atom is 0.116 e. The number of fused-ring (bicyclic) bond motifs is 4. The van der Waals surface area contributed by atoms with Crippen LogP contribution < -0.4 is 5.32 Å². The molecule has 1 fully saturated rings. The Hall–Kier alpha value is -1.50. The molecule has 140 valence electrons. The van der Waals surface area contributed by atoms with E-state index in [1.807, 2.05) is 11.8 Å². The van der Waals surface area contributed by atoms with E-state index in [1.54, 1.807) is 0 Å². The van der Waals surface area contributed by atoms with E-state index in [9.17, 15) is 0 Å². The summed E-state index contributed by atoms with van der Waals surface area (Å²) in [5.41, 5.74) is 3.52. The lowest BCUT2D eigenvalue weighted by Gasteiger charge is -2.40. The van der Waals surface area contributed by atoms with Crippen molar-refractivity contribution in [1.29, 1.82) is 0 Å². The van der Waals surface area contributed by atoms with Crippen molar-refractivity contribution in [3.63, 3.8) is 0 Å². The third kappa shape index (κ3) is 2.98. The van der Waals surface area contributed by atoms with E-state index < -0.39 is 0 Å². The van der Waals surface area contributed by atoms with Crippen molar-refractivity contribution >= 4 is 44.9 Å². The highest BCUT2D eigenvalue weighted by atomic mass is 79.9. The van der Waals surface area contributed by atoms with Crippen molar-refractivity contribution in [1.82, 2.24) is 9.80 Å². The minimum atomic E-state index is -0.148. The van der Waals surface area contributed by atoms with Gasteiger partial charge < -0.3 is 15.1 Å². The number of hydrogen-bond donors (Lipinski definition) is 1. The Balaban J connectivity index is 1.67. The average molecular weight is 443 g/mol. The van der Waals surface area contributed by atoms with Gasteiger partial charge in [-0.3, -0.25) is 0 Å². The van der Waals surface area contributed by atoms with Gasteiger partial charge in [0.15, 0.2) is 0 Å². The van der Waals surface area contributed by atoms with Crippen LogP contribution in [0.3, 0.4) is 0 Å². The number of nitrogens with one attached hydrogen (secondary N) is 1. The molecule has 0 radical (unpaired) electrons. The molecular formula is C21H23BrN4S. The van der Waals surface area contributed by atoms with Gasteiger partial charge >= 0.3 is 0 Å². The summed E-state index contributed by atoms with van der Waals surface area (Å²) in [5, 5.41) is 3.84. The van der Waals surface area contributed by atoms with Crippen LogP contribution in [0.25, 0.3) is 0 Å². The number of rotatable bonds is 0. The lowest BCUT2D eigenvalue weighted by molar-refractivity contribution is 0.211. The molecule has 3 heterocycles. The van der Waals surface area contributed by atoms with Gasteiger partial charge in [0, 0.05) is 35.5 Å². The standard InChI is InChI=1S/C21H23BrN4S/c1-21-19(15-5-3-4-6-18(15)27-21)20(26-11-9-25(2)10-12-26)23-17-13-14(22)7-8-16(17)24-21/h3-8,13,19,24H,9-12H2,1-2H3. The summed E-state index contributed by atoms with van der Waals surface area (Å²) in [6, 6.07) is 15.2. The Bertz CT molecular complexity index is 922. The molecule has 1 saturated heterocycles. The maximum atomic E-state index is 5.25. The minimum Gasteiger partial charge on any atom is -0.368 e. The van der Waals surface area contributed by atoms with Gasteiger partial charge in [0.25, 0.3) is 0 Å². The highest BCUT2D eigenvalue weighted by molar-refractivity contribution is 9.10. The number of benzene rings is 2. The molecule has 6 heteroatoms. The van der Waals surface area contributed by atoms with E-state index >= 15 is 0 Å². The smallest absolute Gasteiger partial charge is 0.116 e. The first kappa shape index (κ1) is 17.6. The monoisotopic (exact) mass is 442 g/mol. The third-order valence-corrected chi connectivity index (χ3v) is 7.61. The molecule has 0 spiro atoms. The van der Waals surface area contributed by atoms with Crippen molar-refractivity contribution in [2.24, 2.45) is 4.99 Å². The highest BCUT2D eigenvalue weighted by Crippen LogP contribution is 2.56. The van der Waals surface area contributed by atoms with E-state index in [1.165, 1.54) is 16.3 Å². The summed E-state index contributed by atoms with van der Waals surface area (Å²) < 4.78 is 1.06. The van der Waals surface area contributed by atoms with Crippen molar-refractivity contribution < 1.29 is 0 Å². The molecule has 3 aliphatic rings. The summed E-state index contributed by atoms with van der Waals surface area (Å²) in [5.74, 6) is 1.43. The van der Waals surface area contributed by atoms with E-state index in [-0.39, 0.29) is 10.8 Å². The summed E-state index contributed by atoms with van der Waals surface area (Å²) >= 11 is 5.55. The first-order valence-corrected chi connectivity index (χ1v) is 11.0. The van der Waals surface area contributed by atoms with Crippen molar-refractivity contribution in [3.05, 3.63) is 52.5 Å².